The molecule has 1 aromatic carbocycles. The smallest absolute Gasteiger partial charge is 0.309 e. The summed E-state index contributed by atoms with van der Waals surface area (Å²) < 4.78 is 29.5. The summed E-state index contributed by atoms with van der Waals surface area (Å²) in [5.41, 5.74) is -0.160. The van der Waals surface area contributed by atoms with Crippen LogP contribution in [0.3, 0.4) is 0 Å². The number of benzene rings is 1. The van der Waals surface area contributed by atoms with Gasteiger partial charge in [0.15, 0.2) is 23.0 Å². The number of carbonyl (C=O) groups is 2. The Balaban J connectivity index is 2.01. The molecule has 31 heavy (non-hydrogen) atoms. The molecule has 3 atom stereocenters. The number of rotatable bonds is 10. The van der Waals surface area contributed by atoms with Crippen molar-refractivity contribution < 1.29 is 33.3 Å². The molecule has 0 aliphatic rings. The van der Waals surface area contributed by atoms with Gasteiger partial charge in [-0.25, -0.2) is 9.37 Å². The van der Waals surface area contributed by atoms with Crippen LogP contribution in [0.2, 0.25) is 0 Å². The fourth-order valence-corrected chi connectivity index (χ4v) is 3.07. The lowest BCUT2D eigenvalue weighted by Gasteiger charge is -2.29. The van der Waals surface area contributed by atoms with E-state index in [9.17, 15) is 19.1 Å². The van der Waals surface area contributed by atoms with Gasteiger partial charge in [0, 0.05) is 18.7 Å². The highest BCUT2D eigenvalue weighted by Crippen LogP contribution is 2.29. The molecule has 8 heteroatoms. The topological polar surface area (TPSA) is 95.0 Å². The number of aromatic hydroxyl groups is 1. The van der Waals surface area contributed by atoms with Crippen molar-refractivity contribution in [1.29, 1.82) is 0 Å². The Kier molecular flexibility index (Phi) is 8.36. The van der Waals surface area contributed by atoms with E-state index in [0.717, 1.165) is 0 Å². The molecule has 0 bridgehead atoms. The van der Waals surface area contributed by atoms with E-state index in [4.69, 9.17) is 14.2 Å². The third-order valence-corrected chi connectivity index (χ3v) is 4.77. The largest absolute Gasteiger partial charge is 0.503 e. The van der Waals surface area contributed by atoms with Crippen LogP contribution in [0.1, 0.15) is 44.6 Å². The molecule has 0 fully saturated rings. The molecule has 1 heterocycles. The summed E-state index contributed by atoms with van der Waals surface area (Å²) in [4.78, 5) is 29.0. The maximum Gasteiger partial charge on any atom is 0.309 e. The first-order chi connectivity index (χ1) is 14.6. The lowest BCUT2D eigenvalue weighted by Crippen LogP contribution is -2.38. The predicted molar refractivity (Wildman–Crippen MR) is 112 cm³/mol. The number of ketones is 1. The Labute approximate surface area is 181 Å². The highest BCUT2D eigenvalue weighted by Gasteiger charge is 2.29. The molecule has 7 nitrogen and oxygen atoms in total. The van der Waals surface area contributed by atoms with Crippen molar-refractivity contribution >= 4 is 11.8 Å². The molecule has 0 radical (unpaired) electrons. The molecule has 0 aliphatic carbocycles. The zero-order chi connectivity index (χ0) is 23.1. The minimum Gasteiger partial charge on any atom is -0.503 e. The van der Waals surface area contributed by atoms with E-state index < -0.39 is 29.9 Å². The average Bonchev–Trinajstić information content (AvgIpc) is 2.72. The van der Waals surface area contributed by atoms with Gasteiger partial charge in [0.1, 0.15) is 23.8 Å². The van der Waals surface area contributed by atoms with Gasteiger partial charge in [-0.3, -0.25) is 9.59 Å². The maximum absolute atomic E-state index is 13.1. The first-order valence-electron chi connectivity index (χ1n) is 10.0. The quantitative estimate of drug-likeness (QED) is 0.444. The van der Waals surface area contributed by atoms with E-state index >= 15 is 0 Å². The Hall–Kier alpha value is -3.16. The molecule has 2 rings (SSSR count). The number of hydrogen-bond acceptors (Lipinski definition) is 7. The average molecular weight is 433 g/mol. The highest BCUT2D eigenvalue weighted by atomic mass is 19.1. The van der Waals surface area contributed by atoms with Crippen LogP contribution < -0.4 is 9.47 Å². The van der Waals surface area contributed by atoms with Crippen molar-refractivity contribution in [2.75, 3.05) is 7.11 Å². The standard InChI is InChI=1S/C23H28FNO6/c1-13(2)22(31-17-8-6-16(24)7-9-17)15(4)30-23(28)14(3)12-18(26)20-21(27)19(29-5)10-11-25-20/h6-11,13-15,22,27H,12H2,1-5H3/t14-,15+,22-/m1/s1. The third-order valence-electron chi connectivity index (χ3n) is 4.77. The van der Waals surface area contributed by atoms with Crippen LogP contribution in [0.4, 0.5) is 4.39 Å². The van der Waals surface area contributed by atoms with Gasteiger partial charge < -0.3 is 19.3 Å². The summed E-state index contributed by atoms with van der Waals surface area (Å²) in [6, 6.07) is 7.03. The zero-order valence-electron chi connectivity index (χ0n) is 18.3. The van der Waals surface area contributed by atoms with Crippen LogP contribution >= 0.6 is 0 Å². The van der Waals surface area contributed by atoms with Crippen LogP contribution in [0.25, 0.3) is 0 Å². The summed E-state index contributed by atoms with van der Waals surface area (Å²) in [7, 11) is 1.36. The molecule has 0 amide bonds. The van der Waals surface area contributed by atoms with Gasteiger partial charge in [-0.2, -0.15) is 0 Å². The normalized spacial score (nSPS) is 13.9. The highest BCUT2D eigenvalue weighted by molar-refractivity contribution is 5.99. The fraction of sp³-hybridized carbons (Fsp3) is 0.435. The summed E-state index contributed by atoms with van der Waals surface area (Å²) in [5.74, 6) is -1.98. The number of aromatic nitrogens is 1. The third kappa shape index (κ3) is 6.41. The number of carbonyl (C=O) groups excluding carboxylic acids is 2. The summed E-state index contributed by atoms with van der Waals surface area (Å²) in [5, 5.41) is 10.1. The van der Waals surface area contributed by atoms with Gasteiger partial charge in [-0.1, -0.05) is 20.8 Å². The number of halogens is 1. The van der Waals surface area contributed by atoms with Crippen molar-refractivity contribution in [3.05, 3.63) is 48.0 Å². The van der Waals surface area contributed by atoms with Gasteiger partial charge in [-0.05, 0) is 37.1 Å². The Morgan fingerprint density at radius 3 is 2.32 bits per heavy atom. The second-order valence-electron chi connectivity index (χ2n) is 7.66. The lowest BCUT2D eigenvalue weighted by atomic mass is 10.0. The van der Waals surface area contributed by atoms with Gasteiger partial charge in [0.2, 0.25) is 0 Å². The van der Waals surface area contributed by atoms with Crippen molar-refractivity contribution in [3.63, 3.8) is 0 Å². The van der Waals surface area contributed by atoms with Gasteiger partial charge in [-0.15, -0.1) is 0 Å². The van der Waals surface area contributed by atoms with E-state index in [-0.39, 0.29) is 35.3 Å². The van der Waals surface area contributed by atoms with Gasteiger partial charge >= 0.3 is 5.97 Å². The zero-order valence-corrected chi connectivity index (χ0v) is 18.3. The van der Waals surface area contributed by atoms with E-state index in [0.29, 0.717) is 5.75 Å². The molecule has 0 saturated heterocycles. The number of ether oxygens (including phenoxy) is 3. The maximum atomic E-state index is 13.1. The molecule has 0 saturated carbocycles. The Bertz CT molecular complexity index is 899. The first-order valence-corrected chi connectivity index (χ1v) is 10.0. The monoisotopic (exact) mass is 433 g/mol. The molecule has 168 valence electrons. The van der Waals surface area contributed by atoms with Crippen LogP contribution in [0.5, 0.6) is 17.2 Å². The van der Waals surface area contributed by atoms with Crippen LogP contribution in [-0.2, 0) is 9.53 Å². The van der Waals surface area contributed by atoms with Crippen molar-refractivity contribution in [2.24, 2.45) is 11.8 Å². The van der Waals surface area contributed by atoms with Crippen molar-refractivity contribution in [1.82, 2.24) is 4.98 Å². The fourth-order valence-electron chi connectivity index (χ4n) is 3.07. The number of methoxy groups -OCH3 is 1. The van der Waals surface area contributed by atoms with E-state index in [2.05, 4.69) is 4.98 Å². The molecule has 0 unspecified atom stereocenters. The second kappa shape index (κ2) is 10.7. The van der Waals surface area contributed by atoms with E-state index in [1.54, 1.807) is 13.8 Å². The SMILES string of the molecule is COc1ccnc(C(=O)C[C@@H](C)C(=O)O[C@@H](C)[C@H](Oc2ccc(F)cc2)C(C)C)c1O. The minimum absolute atomic E-state index is 0.00252. The molecular weight excluding hydrogens is 405 g/mol. The minimum atomic E-state index is -0.763. The molecule has 0 aliphatic heterocycles. The van der Waals surface area contributed by atoms with Crippen LogP contribution in [0.15, 0.2) is 36.5 Å². The Morgan fingerprint density at radius 1 is 1.10 bits per heavy atom. The molecule has 0 spiro atoms. The number of pyridine rings is 1. The second-order valence-corrected chi connectivity index (χ2v) is 7.66. The summed E-state index contributed by atoms with van der Waals surface area (Å²) in [6.07, 6.45) is 0.0706. The van der Waals surface area contributed by atoms with Gasteiger partial charge in [0.05, 0.1) is 13.0 Å². The Morgan fingerprint density at radius 2 is 1.74 bits per heavy atom. The van der Waals surface area contributed by atoms with E-state index in [1.807, 2.05) is 13.8 Å². The molecule has 2 aromatic rings. The molecular formula is C23H28FNO6. The van der Waals surface area contributed by atoms with Gasteiger partial charge in [0.25, 0.3) is 0 Å². The summed E-state index contributed by atoms with van der Waals surface area (Å²) in [6.45, 7) is 7.11. The number of esters is 1. The van der Waals surface area contributed by atoms with E-state index in [1.165, 1.54) is 43.6 Å². The van der Waals surface area contributed by atoms with Crippen LogP contribution in [-0.4, -0.2) is 41.2 Å². The molecule has 1 aromatic heterocycles. The first kappa shape index (κ1) is 24.1. The number of hydrogen-bond donors (Lipinski definition) is 1. The number of Topliss-reactive ketones (excluding diaryl/α,β-unsaturated/α-hetero) is 1. The number of nitrogens with zero attached hydrogens (tertiary/aromatic N) is 1. The van der Waals surface area contributed by atoms with Crippen molar-refractivity contribution in [3.8, 4) is 17.2 Å². The van der Waals surface area contributed by atoms with Crippen molar-refractivity contribution in [2.45, 2.75) is 46.3 Å². The van der Waals surface area contributed by atoms with Crippen LogP contribution in [0, 0.1) is 17.7 Å². The summed E-state index contributed by atoms with van der Waals surface area (Å²) >= 11 is 0. The molecule has 1 N–H and O–H groups in total. The lowest BCUT2D eigenvalue weighted by molar-refractivity contribution is -0.158. The predicted octanol–water partition coefficient (Wildman–Crippen LogP) is 4.18.